The highest BCUT2D eigenvalue weighted by Crippen LogP contribution is 2.24. The van der Waals surface area contributed by atoms with E-state index in [-0.39, 0.29) is 23.9 Å². The van der Waals surface area contributed by atoms with Crippen LogP contribution in [-0.2, 0) is 22.6 Å². The van der Waals surface area contributed by atoms with Crippen LogP contribution in [0.2, 0.25) is 0 Å². The summed E-state index contributed by atoms with van der Waals surface area (Å²) in [5.41, 5.74) is 3.56. The molecule has 2 aliphatic rings. The van der Waals surface area contributed by atoms with E-state index in [1.165, 1.54) is 11.1 Å². The number of aryl methyl sites for hydroxylation is 1. The third kappa shape index (κ3) is 3.74. The molecule has 2 aromatic carbocycles. The van der Waals surface area contributed by atoms with E-state index in [4.69, 9.17) is 0 Å². The Balaban J connectivity index is 1.40. The monoisotopic (exact) mass is 363 g/mol. The Morgan fingerprint density at radius 1 is 1.07 bits per heavy atom. The lowest BCUT2D eigenvalue weighted by molar-refractivity contribution is -0.147. The largest absolute Gasteiger partial charge is 0.342 e. The molecule has 0 aromatic heterocycles. The Labute approximate surface area is 159 Å². The highest BCUT2D eigenvalue weighted by Gasteiger charge is 2.46. The fourth-order valence-corrected chi connectivity index (χ4v) is 4.06. The van der Waals surface area contributed by atoms with E-state index in [2.05, 4.69) is 29.7 Å². The minimum Gasteiger partial charge on any atom is -0.342 e. The standard InChI is InChI=1S/C22H25N3O2/c1-15-7-5-6-10-17(15)13-23-18-12-20-21(26)24-19(22(27)25(20)14-18)11-16-8-3-2-4-9-16/h2-10,18-20,23H,11-14H2,1H3,(H,24,26)/t18-,19-,20-/m0/s1. The van der Waals surface area contributed by atoms with Crippen LogP contribution in [0.1, 0.15) is 23.1 Å². The van der Waals surface area contributed by atoms with Gasteiger partial charge in [0.15, 0.2) is 0 Å². The molecule has 2 saturated heterocycles. The molecular weight excluding hydrogens is 338 g/mol. The molecule has 0 saturated carbocycles. The van der Waals surface area contributed by atoms with E-state index >= 15 is 0 Å². The lowest BCUT2D eigenvalue weighted by Gasteiger charge is -2.34. The first kappa shape index (κ1) is 17.7. The first-order valence-corrected chi connectivity index (χ1v) is 9.54. The summed E-state index contributed by atoms with van der Waals surface area (Å²) in [7, 11) is 0. The summed E-state index contributed by atoms with van der Waals surface area (Å²) in [6.45, 7) is 3.44. The summed E-state index contributed by atoms with van der Waals surface area (Å²) in [6.07, 6.45) is 1.21. The minimum atomic E-state index is -0.466. The molecule has 2 heterocycles. The van der Waals surface area contributed by atoms with Crippen molar-refractivity contribution in [2.45, 2.75) is 44.4 Å². The van der Waals surface area contributed by atoms with Gasteiger partial charge in [0.1, 0.15) is 12.1 Å². The molecule has 2 aliphatic heterocycles. The zero-order valence-electron chi connectivity index (χ0n) is 15.5. The molecule has 0 aliphatic carbocycles. The number of benzene rings is 2. The van der Waals surface area contributed by atoms with Crippen molar-refractivity contribution in [1.82, 2.24) is 15.5 Å². The second-order valence-electron chi connectivity index (χ2n) is 7.50. The number of fused-ring (bicyclic) bond motifs is 1. The average molecular weight is 363 g/mol. The Kier molecular flexibility index (Phi) is 4.94. The van der Waals surface area contributed by atoms with Crippen molar-refractivity contribution in [3.05, 3.63) is 71.3 Å². The Bertz CT molecular complexity index is 836. The Hall–Kier alpha value is -2.66. The Morgan fingerprint density at radius 2 is 1.81 bits per heavy atom. The molecule has 2 amide bonds. The van der Waals surface area contributed by atoms with Crippen molar-refractivity contribution in [2.75, 3.05) is 6.54 Å². The summed E-state index contributed by atoms with van der Waals surface area (Å²) < 4.78 is 0. The zero-order valence-corrected chi connectivity index (χ0v) is 15.5. The smallest absolute Gasteiger partial charge is 0.246 e. The van der Waals surface area contributed by atoms with Crippen LogP contribution in [0.25, 0.3) is 0 Å². The molecule has 2 fully saturated rings. The number of carbonyl (C=O) groups excluding carboxylic acids is 2. The number of hydrogen-bond acceptors (Lipinski definition) is 3. The number of hydrogen-bond donors (Lipinski definition) is 2. The van der Waals surface area contributed by atoms with Gasteiger partial charge in [-0.25, -0.2) is 0 Å². The molecule has 140 valence electrons. The van der Waals surface area contributed by atoms with Crippen LogP contribution >= 0.6 is 0 Å². The summed E-state index contributed by atoms with van der Waals surface area (Å²) in [4.78, 5) is 27.2. The lowest BCUT2D eigenvalue weighted by Crippen LogP contribution is -2.61. The van der Waals surface area contributed by atoms with Crippen LogP contribution in [-0.4, -0.2) is 41.4 Å². The van der Waals surface area contributed by atoms with Gasteiger partial charge in [-0.1, -0.05) is 54.6 Å². The SMILES string of the molecule is Cc1ccccc1CN[C@H]1C[C@H]2C(=O)N[C@@H](Cc3ccccc3)C(=O)N2C1. The molecular formula is C22H25N3O2. The van der Waals surface area contributed by atoms with Gasteiger partial charge in [-0.05, 0) is 30.0 Å². The number of rotatable bonds is 5. The van der Waals surface area contributed by atoms with Gasteiger partial charge in [0, 0.05) is 25.6 Å². The highest BCUT2D eigenvalue weighted by molar-refractivity contribution is 5.97. The molecule has 0 radical (unpaired) electrons. The van der Waals surface area contributed by atoms with Crippen molar-refractivity contribution in [2.24, 2.45) is 0 Å². The van der Waals surface area contributed by atoms with E-state index < -0.39 is 6.04 Å². The molecule has 4 rings (SSSR count). The van der Waals surface area contributed by atoms with Gasteiger partial charge < -0.3 is 15.5 Å². The van der Waals surface area contributed by atoms with Crippen molar-refractivity contribution < 1.29 is 9.59 Å². The molecule has 3 atom stereocenters. The molecule has 27 heavy (non-hydrogen) atoms. The summed E-state index contributed by atoms with van der Waals surface area (Å²) in [6, 6.07) is 17.4. The van der Waals surface area contributed by atoms with Crippen LogP contribution in [0.3, 0.4) is 0 Å². The number of nitrogens with zero attached hydrogens (tertiary/aromatic N) is 1. The fraction of sp³-hybridized carbons (Fsp3) is 0.364. The van der Waals surface area contributed by atoms with E-state index in [9.17, 15) is 9.59 Å². The van der Waals surface area contributed by atoms with E-state index in [1.807, 2.05) is 42.5 Å². The van der Waals surface area contributed by atoms with Gasteiger partial charge in [-0.2, -0.15) is 0 Å². The minimum absolute atomic E-state index is 0.0312. The number of nitrogens with one attached hydrogen (secondary N) is 2. The van der Waals surface area contributed by atoms with Gasteiger partial charge in [-0.3, -0.25) is 9.59 Å². The molecule has 2 N–H and O–H groups in total. The molecule has 5 nitrogen and oxygen atoms in total. The van der Waals surface area contributed by atoms with Crippen molar-refractivity contribution in [1.29, 1.82) is 0 Å². The molecule has 0 spiro atoms. The second kappa shape index (κ2) is 7.53. The molecule has 2 aromatic rings. The highest BCUT2D eigenvalue weighted by atomic mass is 16.2. The Morgan fingerprint density at radius 3 is 2.59 bits per heavy atom. The fourth-order valence-electron chi connectivity index (χ4n) is 4.06. The average Bonchev–Trinajstić information content (AvgIpc) is 3.11. The topological polar surface area (TPSA) is 61.4 Å². The predicted molar refractivity (Wildman–Crippen MR) is 104 cm³/mol. The van der Waals surface area contributed by atoms with Crippen LogP contribution in [0.15, 0.2) is 54.6 Å². The second-order valence-corrected chi connectivity index (χ2v) is 7.50. The maximum Gasteiger partial charge on any atom is 0.246 e. The van der Waals surface area contributed by atoms with E-state index in [0.29, 0.717) is 19.4 Å². The first-order valence-electron chi connectivity index (χ1n) is 9.54. The van der Waals surface area contributed by atoms with E-state index in [0.717, 1.165) is 12.1 Å². The molecule has 5 heteroatoms. The predicted octanol–water partition coefficient (Wildman–Crippen LogP) is 1.80. The van der Waals surface area contributed by atoms with Crippen molar-refractivity contribution in [3.8, 4) is 0 Å². The van der Waals surface area contributed by atoms with Gasteiger partial charge in [-0.15, -0.1) is 0 Å². The summed E-state index contributed by atoms with van der Waals surface area (Å²) in [5.74, 6) is -0.000586. The summed E-state index contributed by atoms with van der Waals surface area (Å²) in [5, 5.41) is 6.46. The van der Waals surface area contributed by atoms with Crippen molar-refractivity contribution in [3.63, 3.8) is 0 Å². The van der Waals surface area contributed by atoms with Crippen molar-refractivity contribution >= 4 is 11.8 Å². The lowest BCUT2D eigenvalue weighted by atomic mass is 10.0. The van der Waals surface area contributed by atoms with Crippen LogP contribution in [0, 0.1) is 6.92 Å². The van der Waals surface area contributed by atoms with Crippen LogP contribution in [0.5, 0.6) is 0 Å². The van der Waals surface area contributed by atoms with E-state index in [1.54, 1.807) is 4.90 Å². The summed E-state index contributed by atoms with van der Waals surface area (Å²) >= 11 is 0. The van der Waals surface area contributed by atoms with Gasteiger partial charge >= 0.3 is 0 Å². The number of carbonyl (C=O) groups is 2. The first-order chi connectivity index (χ1) is 13.1. The van der Waals surface area contributed by atoms with Crippen LogP contribution in [0.4, 0.5) is 0 Å². The van der Waals surface area contributed by atoms with Gasteiger partial charge in [0.2, 0.25) is 11.8 Å². The van der Waals surface area contributed by atoms with Gasteiger partial charge in [0.25, 0.3) is 0 Å². The maximum atomic E-state index is 12.9. The quantitative estimate of drug-likeness (QED) is 0.852. The number of amides is 2. The van der Waals surface area contributed by atoms with Crippen LogP contribution < -0.4 is 10.6 Å². The maximum absolute atomic E-state index is 12.9. The third-order valence-electron chi connectivity index (χ3n) is 5.63. The zero-order chi connectivity index (χ0) is 18.8. The third-order valence-corrected chi connectivity index (χ3v) is 5.63. The van der Waals surface area contributed by atoms with Gasteiger partial charge in [0.05, 0.1) is 0 Å². The molecule has 0 unspecified atom stereocenters. The number of piperazine rings is 1. The molecule has 0 bridgehead atoms. The normalized spacial score (nSPS) is 24.6.